The smallest absolute Gasteiger partial charge is 0.267 e. The highest BCUT2D eigenvalue weighted by molar-refractivity contribution is 7.21. The van der Waals surface area contributed by atoms with Crippen LogP contribution in [0.2, 0.25) is 15.1 Å². The van der Waals surface area contributed by atoms with E-state index in [2.05, 4.69) is 10.4 Å². The van der Waals surface area contributed by atoms with Crippen molar-refractivity contribution in [2.45, 2.75) is 6.54 Å². The zero-order valence-electron chi connectivity index (χ0n) is 13.7. The van der Waals surface area contributed by atoms with E-state index in [1.807, 2.05) is 30.3 Å². The van der Waals surface area contributed by atoms with Gasteiger partial charge in [0.15, 0.2) is 0 Å². The molecule has 0 saturated heterocycles. The van der Waals surface area contributed by atoms with Gasteiger partial charge in [0.2, 0.25) is 0 Å². The lowest BCUT2D eigenvalue weighted by Gasteiger charge is -2.04. The van der Waals surface area contributed by atoms with Crippen molar-refractivity contribution in [3.05, 3.63) is 80.4 Å². The highest BCUT2D eigenvalue weighted by Gasteiger charge is 2.17. The summed E-state index contributed by atoms with van der Waals surface area (Å²) in [7, 11) is 0. The van der Waals surface area contributed by atoms with Gasteiger partial charge in [-0.3, -0.25) is 9.48 Å². The van der Waals surface area contributed by atoms with E-state index < -0.39 is 0 Å². The van der Waals surface area contributed by atoms with E-state index in [1.54, 1.807) is 29.2 Å². The number of aromatic nitrogens is 2. The molecule has 0 spiro atoms. The number of anilines is 1. The third-order valence-electron chi connectivity index (χ3n) is 3.96. The van der Waals surface area contributed by atoms with Gasteiger partial charge in [-0.2, -0.15) is 5.10 Å². The van der Waals surface area contributed by atoms with Crippen molar-refractivity contribution < 1.29 is 4.79 Å². The molecule has 0 atom stereocenters. The second-order valence-corrected chi connectivity index (χ2v) is 8.12. The maximum atomic E-state index is 12.6. The fourth-order valence-corrected chi connectivity index (χ4v) is 4.42. The first-order chi connectivity index (χ1) is 13.0. The number of halogens is 3. The topological polar surface area (TPSA) is 46.9 Å². The van der Waals surface area contributed by atoms with Gasteiger partial charge in [-0.1, -0.05) is 59.1 Å². The van der Waals surface area contributed by atoms with Crippen molar-refractivity contribution in [1.82, 2.24) is 9.78 Å². The Morgan fingerprint density at radius 1 is 1.11 bits per heavy atom. The summed E-state index contributed by atoms with van der Waals surface area (Å²) in [5.41, 5.74) is 1.55. The van der Waals surface area contributed by atoms with E-state index in [1.165, 1.54) is 11.3 Å². The molecule has 27 heavy (non-hydrogen) atoms. The molecule has 0 aliphatic carbocycles. The van der Waals surface area contributed by atoms with Gasteiger partial charge >= 0.3 is 0 Å². The van der Waals surface area contributed by atoms with Crippen LogP contribution >= 0.6 is 46.1 Å². The van der Waals surface area contributed by atoms with E-state index in [9.17, 15) is 4.79 Å². The fourth-order valence-electron chi connectivity index (χ4n) is 2.69. The number of benzene rings is 2. The highest BCUT2D eigenvalue weighted by Crippen LogP contribution is 2.35. The Hall–Kier alpha value is -2.05. The van der Waals surface area contributed by atoms with Crippen LogP contribution in [0.4, 0.5) is 5.69 Å². The quantitative estimate of drug-likeness (QED) is 0.404. The second kappa shape index (κ2) is 7.52. The van der Waals surface area contributed by atoms with Crippen LogP contribution in [0.15, 0.2) is 54.9 Å². The Morgan fingerprint density at radius 3 is 2.70 bits per heavy atom. The third kappa shape index (κ3) is 3.82. The van der Waals surface area contributed by atoms with E-state index in [4.69, 9.17) is 34.8 Å². The lowest BCUT2D eigenvalue weighted by Crippen LogP contribution is -2.10. The summed E-state index contributed by atoms with van der Waals surface area (Å²) in [5.74, 6) is -0.254. The summed E-state index contributed by atoms with van der Waals surface area (Å²) in [6.07, 6.45) is 3.35. The predicted molar refractivity (Wildman–Crippen MR) is 113 cm³/mol. The molecular weight excluding hydrogens is 425 g/mol. The van der Waals surface area contributed by atoms with Gasteiger partial charge in [0, 0.05) is 16.3 Å². The van der Waals surface area contributed by atoms with Gasteiger partial charge in [0.1, 0.15) is 4.88 Å². The minimum atomic E-state index is -0.254. The molecule has 1 amide bonds. The summed E-state index contributed by atoms with van der Waals surface area (Å²) in [5, 5.41) is 9.47. The van der Waals surface area contributed by atoms with Crippen LogP contribution in [0.5, 0.6) is 0 Å². The van der Waals surface area contributed by atoms with Gasteiger partial charge < -0.3 is 5.32 Å². The Balaban J connectivity index is 1.50. The number of carbonyl (C=O) groups is 1. The van der Waals surface area contributed by atoms with E-state index >= 15 is 0 Å². The molecule has 8 heteroatoms. The molecule has 0 fully saturated rings. The Morgan fingerprint density at radius 2 is 1.93 bits per heavy atom. The molecule has 2 aromatic heterocycles. The molecule has 1 N–H and O–H groups in total. The number of amides is 1. The van der Waals surface area contributed by atoms with Crippen LogP contribution in [0.3, 0.4) is 0 Å². The van der Waals surface area contributed by atoms with Gasteiger partial charge in [-0.15, -0.1) is 11.3 Å². The van der Waals surface area contributed by atoms with Crippen molar-refractivity contribution in [3.63, 3.8) is 0 Å². The van der Waals surface area contributed by atoms with Crippen LogP contribution in [0.25, 0.3) is 10.1 Å². The summed E-state index contributed by atoms with van der Waals surface area (Å²) >= 11 is 19.7. The molecule has 2 aromatic carbocycles. The summed E-state index contributed by atoms with van der Waals surface area (Å²) in [4.78, 5) is 13.1. The summed E-state index contributed by atoms with van der Waals surface area (Å²) in [6, 6.07) is 13.1. The highest BCUT2D eigenvalue weighted by atomic mass is 35.5. The first-order valence-corrected chi connectivity index (χ1v) is 9.91. The first kappa shape index (κ1) is 18.3. The van der Waals surface area contributed by atoms with Crippen LogP contribution in [0, 0.1) is 0 Å². The zero-order valence-corrected chi connectivity index (χ0v) is 16.8. The van der Waals surface area contributed by atoms with Gasteiger partial charge in [-0.25, -0.2) is 0 Å². The number of rotatable bonds is 4. The predicted octanol–water partition coefficient (Wildman–Crippen LogP) is 6.36. The molecule has 0 saturated carbocycles. The monoisotopic (exact) mass is 435 g/mol. The Labute approximate surface area is 174 Å². The molecule has 136 valence electrons. The van der Waals surface area contributed by atoms with Gasteiger partial charge in [-0.05, 0) is 23.8 Å². The molecule has 4 aromatic rings. The van der Waals surface area contributed by atoms with Crippen LogP contribution < -0.4 is 5.32 Å². The van der Waals surface area contributed by atoms with Crippen molar-refractivity contribution >= 4 is 67.8 Å². The van der Waals surface area contributed by atoms with E-state index in [0.717, 1.165) is 15.6 Å². The Bertz CT molecular complexity index is 1150. The lowest BCUT2D eigenvalue weighted by molar-refractivity contribution is 0.103. The minimum Gasteiger partial charge on any atom is -0.319 e. The molecule has 0 aliphatic rings. The Kier molecular flexibility index (Phi) is 5.10. The van der Waals surface area contributed by atoms with Crippen molar-refractivity contribution in [2.24, 2.45) is 0 Å². The average Bonchev–Trinajstić information content (AvgIpc) is 3.23. The SMILES string of the molecule is O=C(Nc1cnn(Cc2ccc(Cl)c(Cl)c2)c1)c1sc2ccccc2c1Cl. The summed E-state index contributed by atoms with van der Waals surface area (Å²) < 4.78 is 2.68. The maximum absolute atomic E-state index is 12.6. The second-order valence-electron chi connectivity index (χ2n) is 5.87. The van der Waals surface area contributed by atoms with Crippen LogP contribution in [-0.2, 0) is 6.54 Å². The lowest BCUT2D eigenvalue weighted by atomic mass is 10.2. The van der Waals surface area contributed by atoms with Crippen molar-refractivity contribution in [3.8, 4) is 0 Å². The average molecular weight is 437 g/mol. The number of nitrogens with zero attached hydrogens (tertiary/aromatic N) is 2. The number of thiophene rings is 1. The van der Waals surface area contributed by atoms with Gasteiger partial charge in [0.05, 0.1) is 33.5 Å². The maximum Gasteiger partial charge on any atom is 0.267 e. The molecule has 0 aliphatic heterocycles. The fraction of sp³-hybridized carbons (Fsp3) is 0.0526. The third-order valence-corrected chi connectivity index (χ3v) is 6.37. The molecule has 0 unspecified atom stereocenters. The number of fused-ring (bicyclic) bond motifs is 1. The minimum absolute atomic E-state index is 0.254. The first-order valence-electron chi connectivity index (χ1n) is 7.96. The van der Waals surface area contributed by atoms with Crippen LogP contribution in [0.1, 0.15) is 15.2 Å². The summed E-state index contributed by atoms with van der Waals surface area (Å²) in [6.45, 7) is 0.510. The molecule has 4 rings (SSSR count). The van der Waals surface area contributed by atoms with E-state index in [-0.39, 0.29) is 5.91 Å². The largest absolute Gasteiger partial charge is 0.319 e. The van der Waals surface area contributed by atoms with Crippen molar-refractivity contribution in [2.75, 3.05) is 5.32 Å². The number of hydrogen-bond acceptors (Lipinski definition) is 3. The van der Waals surface area contributed by atoms with E-state index in [0.29, 0.717) is 32.2 Å². The number of nitrogens with one attached hydrogen (secondary N) is 1. The zero-order chi connectivity index (χ0) is 19.0. The molecule has 2 heterocycles. The van der Waals surface area contributed by atoms with Crippen LogP contribution in [-0.4, -0.2) is 15.7 Å². The molecule has 0 bridgehead atoms. The standard InChI is InChI=1S/C19H12Cl3N3OS/c20-14-6-5-11(7-15(14)21)9-25-10-12(8-23-25)24-19(26)18-17(22)13-3-1-2-4-16(13)27-18/h1-8,10H,9H2,(H,24,26). The van der Waals surface area contributed by atoms with Crippen molar-refractivity contribution in [1.29, 1.82) is 0 Å². The molecular formula is C19H12Cl3N3OS. The molecule has 4 nitrogen and oxygen atoms in total. The molecule has 0 radical (unpaired) electrons. The van der Waals surface area contributed by atoms with Gasteiger partial charge in [0.25, 0.3) is 5.91 Å². The number of carbonyl (C=O) groups excluding carboxylic acids is 1. The number of hydrogen-bond donors (Lipinski definition) is 1. The normalized spacial score (nSPS) is 11.1.